The van der Waals surface area contributed by atoms with Crippen LogP contribution in [0.25, 0.3) is 0 Å². The molecule has 2 aliphatic heterocycles. The normalized spacial score (nSPS) is 33.3. The number of nitrogens with one attached hydrogen (secondary N) is 1. The standard InChI is InChI=1S/C13H22N2O2/c1-9(2)13(3)6-7-15(8-13)12(17)10-4-5-11(16)14-10/h9-10H,4-8H2,1-3H3,(H,14,16)/t10-,13-/m0/s1. The van der Waals surface area contributed by atoms with Crippen LogP contribution in [0.1, 0.15) is 40.0 Å². The van der Waals surface area contributed by atoms with Gasteiger partial charge >= 0.3 is 0 Å². The molecule has 0 aliphatic carbocycles. The van der Waals surface area contributed by atoms with Crippen molar-refractivity contribution < 1.29 is 9.59 Å². The topological polar surface area (TPSA) is 49.4 Å². The van der Waals surface area contributed by atoms with Gasteiger partial charge in [-0.25, -0.2) is 0 Å². The highest BCUT2D eigenvalue weighted by molar-refractivity contribution is 5.90. The Morgan fingerprint density at radius 3 is 2.71 bits per heavy atom. The maximum Gasteiger partial charge on any atom is 0.245 e. The van der Waals surface area contributed by atoms with E-state index in [9.17, 15) is 9.59 Å². The Hall–Kier alpha value is -1.06. The Bertz CT molecular complexity index is 340. The third-order valence-electron chi connectivity index (χ3n) is 4.50. The molecule has 2 aliphatic rings. The molecule has 0 spiro atoms. The first-order valence-electron chi connectivity index (χ1n) is 6.50. The predicted molar refractivity (Wildman–Crippen MR) is 65.3 cm³/mol. The third-order valence-corrected chi connectivity index (χ3v) is 4.50. The SMILES string of the molecule is CC(C)[C@@]1(C)CCN(C(=O)[C@@H]2CCC(=O)N2)C1. The number of carbonyl (C=O) groups excluding carboxylic acids is 2. The summed E-state index contributed by atoms with van der Waals surface area (Å²) in [5.41, 5.74) is 0.234. The van der Waals surface area contributed by atoms with Gasteiger partial charge in [-0.05, 0) is 24.2 Å². The Morgan fingerprint density at radius 1 is 1.53 bits per heavy atom. The van der Waals surface area contributed by atoms with E-state index in [0.717, 1.165) is 19.5 Å². The fraction of sp³-hybridized carbons (Fsp3) is 0.846. The van der Waals surface area contributed by atoms with Crippen molar-refractivity contribution in [2.24, 2.45) is 11.3 Å². The Morgan fingerprint density at radius 2 is 2.24 bits per heavy atom. The van der Waals surface area contributed by atoms with Crippen molar-refractivity contribution in [2.75, 3.05) is 13.1 Å². The molecule has 17 heavy (non-hydrogen) atoms. The number of nitrogens with zero attached hydrogens (tertiary/aromatic N) is 1. The van der Waals surface area contributed by atoms with E-state index in [-0.39, 0.29) is 23.3 Å². The van der Waals surface area contributed by atoms with Crippen LogP contribution >= 0.6 is 0 Å². The molecule has 0 aromatic rings. The van der Waals surface area contributed by atoms with Gasteiger partial charge in [-0.2, -0.15) is 0 Å². The molecule has 4 nitrogen and oxygen atoms in total. The molecular formula is C13H22N2O2. The minimum atomic E-state index is -0.267. The van der Waals surface area contributed by atoms with Crippen LogP contribution in [0.5, 0.6) is 0 Å². The molecule has 2 heterocycles. The molecule has 0 aromatic heterocycles. The zero-order valence-corrected chi connectivity index (χ0v) is 11.0. The Kier molecular flexibility index (Phi) is 3.15. The Balaban J connectivity index is 1.97. The zero-order chi connectivity index (χ0) is 12.6. The van der Waals surface area contributed by atoms with E-state index < -0.39 is 0 Å². The number of carbonyl (C=O) groups is 2. The quantitative estimate of drug-likeness (QED) is 0.785. The molecule has 96 valence electrons. The maximum absolute atomic E-state index is 12.2. The van der Waals surface area contributed by atoms with Crippen LogP contribution in [0.2, 0.25) is 0 Å². The van der Waals surface area contributed by atoms with Crippen molar-refractivity contribution in [3.63, 3.8) is 0 Å². The van der Waals surface area contributed by atoms with Gasteiger partial charge in [0.05, 0.1) is 0 Å². The van der Waals surface area contributed by atoms with Gasteiger partial charge in [-0.3, -0.25) is 9.59 Å². The molecule has 2 fully saturated rings. The van der Waals surface area contributed by atoms with Crippen LogP contribution in [0.3, 0.4) is 0 Å². The van der Waals surface area contributed by atoms with Gasteiger partial charge < -0.3 is 10.2 Å². The fourth-order valence-electron chi connectivity index (χ4n) is 2.66. The monoisotopic (exact) mass is 238 g/mol. The number of likely N-dealkylation sites (tertiary alicyclic amines) is 1. The summed E-state index contributed by atoms with van der Waals surface area (Å²) >= 11 is 0. The fourth-order valence-corrected chi connectivity index (χ4v) is 2.66. The van der Waals surface area contributed by atoms with Crippen molar-refractivity contribution in [1.82, 2.24) is 10.2 Å². The lowest BCUT2D eigenvalue weighted by molar-refractivity contribution is -0.133. The second-order valence-electron chi connectivity index (χ2n) is 5.98. The lowest BCUT2D eigenvalue weighted by atomic mass is 9.78. The van der Waals surface area contributed by atoms with E-state index in [1.54, 1.807) is 0 Å². The summed E-state index contributed by atoms with van der Waals surface area (Å²) in [4.78, 5) is 25.3. The van der Waals surface area contributed by atoms with Crippen LogP contribution in [-0.2, 0) is 9.59 Å². The predicted octanol–water partition coefficient (Wildman–Crippen LogP) is 1.16. The van der Waals surface area contributed by atoms with E-state index in [2.05, 4.69) is 26.1 Å². The molecule has 0 radical (unpaired) electrons. The van der Waals surface area contributed by atoms with Crippen molar-refractivity contribution in [3.05, 3.63) is 0 Å². The largest absolute Gasteiger partial charge is 0.344 e. The lowest BCUT2D eigenvalue weighted by Crippen LogP contribution is -2.44. The van der Waals surface area contributed by atoms with Crippen LogP contribution in [0.15, 0.2) is 0 Å². The summed E-state index contributed by atoms with van der Waals surface area (Å²) in [5.74, 6) is 0.702. The molecule has 2 rings (SSSR count). The number of hydrogen-bond donors (Lipinski definition) is 1. The summed E-state index contributed by atoms with van der Waals surface area (Å²) in [7, 11) is 0. The van der Waals surface area contributed by atoms with Crippen LogP contribution in [0.4, 0.5) is 0 Å². The second kappa shape index (κ2) is 4.31. The van der Waals surface area contributed by atoms with Crippen LogP contribution in [-0.4, -0.2) is 35.8 Å². The first kappa shape index (κ1) is 12.4. The van der Waals surface area contributed by atoms with Gasteiger partial charge in [0.1, 0.15) is 6.04 Å². The summed E-state index contributed by atoms with van der Waals surface area (Å²) < 4.78 is 0. The van der Waals surface area contributed by atoms with Crippen LogP contribution in [0, 0.1) is 11.3 Å². The molecular weight excluding hydrogens is 216 g/mol. The third kappa shape index (κ3) is 2.31. The molecule has 0 unspecified atom stereocenters. The van der Waals surface area contributed by atoms with Crippen molar-refractivity contribution in [1.29, 1.82) is 0 Å². The number of rotatable bonds is 2. The van der Waals surface area contributed by atoms with E-state index in [4.69, 9.17) is 0 Å². The molecule has 0 saturated carbocycles. The molecule has 2 atom stereocenters. The van der Waals surface area contributed by atoms with Crippen molar-refractivity contribution >= 4 is 11.8 Å². The first-order valence-corrected chi connectivity index (χ1v) is 6.50. The maximum atomic E-state index is 12.2. The summed E-state index contributed by atoms with van der Waals surface area (Å²) in [6, 6.07) is -0.267. The minimum absolute atomic E-state index is 0.00849. The van der Waals surface area contributed by atoms with Gasteiger partial charge in [0, 0.05) is 19.5 Å². The van der Waals surface area contributed by atoms with Crippen LogP contribution < -0.4 is 5.32 Å². The molecule has 2 amide bonds. The van der Waals surface area contributed by atoms with Crippen molar-refractivity contribution in [2.45, 2.75) is 46.1 Å². The smallest absolute Gasteiger partial charge is 0.245 e. The molecule has 1 N–H and O–H groups in total. The molecule has 2 saturated heterocycles. The van der Waals surface area contributed by atoms with Gasteiger partial charge in [0.2, 0.25) is 11.8 Å². The molecule has 0 aromatic carbocycles. The van der Waals surface area contributed by atoms with Gasteiger partial charge in [0.15, 0.2) is 0 Å². The highest BCUT2D eigenvalue weighted by Crippen LogP contribution is 2.37. The minimum Gasteiger partial charge on any atom is -0.344 e. The first-order chi connectivity index (χ1) is 7.92. The van der Waals surface area contributed by atoms with E-state index in [1.165, 1.54) is 0 Å². The Labute approximate surface area is 103 Å². The highest BCUT2D eigenvalue weighted by atomic mass is 16.2. The molecule has 0 bridgehead atoms. The molecule has 4 heteroatoms. The van der Waals surface area contributed by atoms with Gasteiger partial charge in [0.25, 0.3) is 0 Å². The summed E-state index contributed by atoms with van der Waals surface area (Å²) in [6.45, 7) is 8.34. The zero-order valence-electron chi connectivity index (χ0n) is 11.0. The second-order valence-corrected chi connectivity index (χ2v) is 5.98. The number of amides is 2. The van der Waals surface area contributed by atoms with E-state index >= 15 is 0 Å². The van der Waals surface area contributed by atoms with Gasteiger partial charge in [-0.1, -0.05) is 20.8 Å². The van der Waals surface area contributed by atoms with Gasteiger partial charge in [-0.15, -0.1) is 0 Å². The van der Waals surface area contributed by atoms with Crippen molar-refractivity contribution in [3.8, 4) is 0 Å². The summed E-state index contributed by atoms with van der Waals surface area (Å²) in [6.07, 6.45) is 2.22. The lowest BCUT2D eigenvalue weighted by Gasteiger charge is -2.29. The average Bonchev–Trinajstić information content (AvgIpc) is 2.85. The number of hydrogen-bond acceptors (Lipinski definition) is 2. The highest BCUT2D eigenvalue weighted by Gasteiger charge is 2.41. The van der Waals surface area contributed by atoms with E-state index in [1.807, 2.05) is 4.90 Å². The average molecular weight is 238 g/mol. The summed E-state index contributed by atoms with van der Waals surface area (Å²) in [5, 5.41) is 2.76. The van der Waals surface area contributed by atoms with E-state index in [0.29, 0.717) is 18.8 Å².